The molecule has 0 bridgehead atoms. The van der Waals surface area contributed by atoms with Crippen LogP contribution in [0, 0.1) is 5.82 Å². The first kappa shape index (κ1) is 14.9. The van der Waals surface area contributed by atoms with Gasteiger partial charge < -0.3 is 5.73 Å². The number of rotatable bonds is 3. The Bertz CT molecular complexity index is 436. The first-order valence-electron chi connectivity index (χ1n) is 6.97. The summed E-state index contributed by atoms with van der Waals surface area (Å²) in [5, 5.41) is 0. The molecule has 2 N–H and O–H groups in total. The Labute approximate surface area is 123 Å². The molecular formula is C15H22BrFN2. The van der Waals surface area contributed by atoms with Gasteiger partial charge in [0.1, 0.15) is 5.82 Å². The molecule has 3 atom stereocenters. The number of halogens is 2. The topological polar surface area (TPSA) is 29.3 Å². The van der Waals surface area contributed by atoms with Gasteiger partial charge in [-0.3, -0.25) is 4.90 Å². The van der Waals surface area contributed by atoms with Crippen LogP contribution in [-0.4, -0.2) is 23.5 Å². The Morgan fingerprint density at radius 2 is 2.11 bits per heavy atom. The third-order valence-electron chi connectivity index (χ3n) is 4.11. The van der Waals surface area contributed by atoms with E-state index in [0.717, 1.165) is 23.0 Å². The summed E-state index contributed by atoms with van der Waals surface area (Å²) in [6.45, 7) is 5.32. The van der Waals surface area contributed by atoms with Gasteiger partial charge in [0.25, 0.3) is 0 Å². The standard InChI is InChI=1S/C15H22BrFN2/c1-10(18)15-5-3-4-8-19(15)11(2)13-7-6-12(17)9-14(13)16/h6-7,9-11,15H,3-5,8,18H2,1-2H3. The maximum Gasteiger partial charge on any atom is 0.124 e. The lowest BCUT2D eigenvalue weighted by atomic mass is 9.93. The Morgan fingerprint density at radius 3 is 2.74 bits per heavy atom. The van der Waals surface area contributed by atoms with Crippen molar-refractivity contribution in [1.29, 1.82) is 0 Å². The average Bonchev–Trinajstić information content (AvgIpc) is 2.38. The maximum absolute atomic E-state index is 13.2. The first-order chi connectivity index (χ1) is 9.00. The lowest BCUT2D eigenvalue weighted by Crippen LogP contribution is -2.49. The third kappa shape index (κ3) is 3.36. The van der Waals surface area contributed by atoms with Crippen molar-refractivity contribution in [3.8, 4) is 0 Å². The summed E-state index contributed by atoms with van der Waals surface area (Å²) in [4.78, 5) is 2.46. The molecule has 0 radical (unpaired) electrons. The van der Waals surface area contributed by atoms with Crippen LogP contribution in [0.5, 0.6) is 0 Å². The minimum atomic E-state index is -0.204. The number of likely N-dealkylation sites (tertiary alicyclic amines) is 1. The number of hydrogen-bond acceptors (Lipinski definition) is 2. The van der Waals surface area contributed by atoms with Crippen LogP contribution in [-0.2, 0) is 0 Å². The van der Waals surface area contributed by atoms with E-state index in [1.165, 1.54) is 25.0 Å². The predicted molar refractivity (Wildman–Crippen MR) is 80.5 cm³/mol. The molecule has 2 nitrogen and oxygen atoms in total. The van der Waals surface area contributed by atoms with E-state index >= 15 is 0 Å². The van der Waals surface area contributed by atoms with Gasteiger partial charge >= 0.3 is 0 Å². The third-order valence-corrected chi connectivity index (χ3v) is 4.80. The molecule has 1 saturated heterocycles. The van der Waals surface area contributed by atoms with Gasteiger partial charge in [-0.15, -0.1) is 0 Å². The molecule has 1 aliphatic heterocycles. The van der Waals surface area contributed by atoms with Crippen molar-refractivity contribution >= 4 is 15.9 Å². The summed E-state index contributed by atoms with van der Waals surface area (Å²) in [5.74, 6) is -0.204. The highest BCUT2D eigenvalue weighted by Gasteiger charge is 2.30. The second-order valence-electron chi connectivity index (χ2n) is 5.50. The summed E-state index contributed by atoms with van der Waals surface area (Å²) < 4.78 is 14.0. The van der Waals surface area contributed by atoms with E-state index in [0.29, 0.717) is 6.04 Å². The maximum atomic E-state index is 13.2. The normalized spacial score (nSPS) is 24.2. The molecule has 0 amide bonds. The largest absolute Gasteiger partial charge is 0.327 e. The van der Waals surface area contributed by atoms with Gasteiger partial charge in [0, 0.05) is 22.6 Å². The second kappa shape index (κ2) is 6.33. The van der Waals surface area contributed by atoms with Crippen molar-refractivity contribution in [2.24, 2.45) is 5.73 Å². The number of nitrogens with zero attached hydrogens (tertiary/aromatic N) is 1. The van der Waals surface area contributed by atoms with Crippen LogP contribution >= 0.6 is 15.9 Å². The van der Waals surface area contributed by atoms with Gasteiger partial charge in [0.15, 0.2) is 0 Å². The number of hydrogen-bond donors (Lipinski definition) is 1. The molecule has 1 fully saturated rings. The molecule has 106 valence electrons. The van der Waals surface area contributed by atoms with Crippen LogP contribution < -0.4 is 5.73 Å². The monoisotopic (exact) mass is 328 g/mol. The van der Waals surface area contributed by atoms with E-state index < -0.39 is 0 Å². The Morgan fingerprint density at radius 1 is 1.37 bits per heavy atom. The van der Waals surface area contributed by atoms with E-state index in [9.17, 15) is 4.39 Å². The van der Waals surface area contributed by atoms with E-state index in [1.54, 1.807) is 0 Å². The molecule has 1 aromatic carbocycles. The minimum absolute atomic E-state index is 0.168. The summed E-state index contributed by atoms with van der Waals surface area (Å²) in [6.07, 6.45) is 3.62. The zero-order valence-corrected chi connectivity index (χ0v) is 13.2. The van der Waals surface area contributed by atoms with Gasteiger partial charge in [-0.25, -0.2) is 4.39 Å². The Kier molecular flexibility index (Phi) is 4.98. The van der Waals surface area contributed by atoms with E-state index in [1.807, 2.05) is 6.07 Å². The van der Waals surface area contributed by atoms with Gasteiger partial charge in [-0.05, 0) is 50.9 Å². The second-order valence-corrected chi connectivity index (χ2v) is 6.36. The fourth-order valence-electron chi connectivity index (χ4n) is 3.04. The van der Waals surface area contributed by atoms with Crippen LogP contribution in [0.4, 0.5) is 4.39 Å². The highest BCUT2D eigenvalue weighted by atomic mass is 79.9. The smallest absolute Gasteiger partial charge is 0.124 e. The van der Waals surface area contributed by atoms with Crippen molar-refractivity contribution in [1.82, 2.24) is 4.90 Å². The number of nitrogens with two attached hydrogens (primary N) is 1. The van der Waals surface area contributed by atoms with Crippen molar-refractivity contribution in [2.75, 3.05) is 6.54 Å². The molecule has 0 aliphatic carbocycles. The molecule has 0 aromatic heterocycles. The van der Waals surface area contributed by atoms with E-state index in [-0.39, 0.29) is 17.9 Å². The van der Waals surface area contributed by atoms with Crippen LogP contribution in [0.1, 0.15) is 44.7 Å². The van der Waals surface area contributed by atoms with E-state index in [4.69, 9.17) is 5.73 Å². The Hall–Kier alpha value is -0.450. The predicted octanol–water partition coefficient (Wildman–Crippen LogP) is 3.85. The molecule has 4 heteroatoms. The van der Waals surface area contributed by atoms with E-state index in [2.05, 4.69) is 34.7 Å². The number of piperidine rings is 1. The summed E-state index contributed by atoms with van der Waals surface area (Å²) in [5.41, 5.74) is 7.26. The average molecular weight is 329 g/mol. The quantitative estimate of drug-likeness (QED) is 0.913. The summed E-state index contributed by atoms with van der Waals surface area (Å²) >= 11 is 3.47. The van der Waals surface area contributed by atoms with Gasteiger partial charge in [-0.1, -0.05) is 28.4 Å². The molecule has 3 unspecified atom stereocenters. The van der Waals surface area contributed by atoms with Crippen molar-refractivity contribution in [3.63, 3.8) is 0 Å². The molecule has 1 aromatic rings. The van der Waals surface area contributed by atoms with Crippen molar-refractivity contribution in [3.05, 3.63) is 34.1 Å². The fourth-order valence-corrected chi connectivity index (χ4v) is 3.73. The highest BCUT2D eigenvalue weighted by molar-refractivity contribution is 9.10. The highest BCUT2D eigenvalue weighted by Crippen LogP contribution is 2.33. The SMILES string of the molecule is CC(N)C1CCCCN1C(C)c1ccc(F)cc1Br. The van der Waals surface area contributed by atoms with Gasteiger partial charge in [0.05, 0.1) is 0 Å². The molecule has 1 heterocycles. The summed E-state index contributed by atoms with van der Waals surface area (Å²) in [6, 6.07) is 5.78. The molecule has 2 rings (SSSR count). The fraction of sp³-hybridized carbons (Fsp3) is 0.600. The number of benzene rings is 1. The molecule has 1 aliphatic rings. The lowest BCUT2D eigenvalue weighted by molar-refractivity contribution is 0.0887. The first-order valence-corrected chi connectivity index (χ1v) is 7.76. The molecular weight excluding hydrogens is 307 g/mol. The molecule has 0 saturated carbocycles. The zero-order chi connectivity index (χ0) is 14.0. The lowest BCUT2D eigenvalue weighted by Gasteiger charge is -2.42. The van der Waals surface area contributed by atoms with Crippen molar-refractivity contribution < 1.29 is 4.39 Å². The van der Waals surface area contributed by atoms with Gasteiger partial charge in [-0.2, -0.15) is 0 Å². The summed E-state index contributed by atoms with van der Waals surface area (Å²) in [7, 11) is 0. The zero-order valence-electron chi connectivity index (χ0n) is 11.6. The Balaban J connectivity index is 2.23. The van der Waals surface area contributed by atoms with Crippen LogP contribution in [0.2, 0.25) is 0 Å². The van der Waals surface area contributed by atoms with Gasteiger partial charge in [0.2, 0.25) is 0 Å². The minimum Gasteiger partial charge on any atom is -0.327 e. The van der Waals surface area contributed by atoms with Crippen LogP contribution in [0.15, 0.2) is 22.7 Å². The van der Waals surface area contributed by atoms with Crippen LogP contribution in [0.3, 0.4) is 0 Å². The molecule has 19 heavy (non-hydrogen) atoms. The van der Waals surface area contributed by atoms with Crippen molar-refractivity contribution in [2.45, 2.75) is 51.2 Å². The van der Waals surface area contributed by atoms with Crippen LogP contribution in [0.25, 0.3) is 0 Å². The molecule has 0 spiro atoms.